The van der Waals surface area contributed by atoms with E-state index in [4.69, 9.17) is 16.2 Å². The molecule has 0 aromatic heterocycles. The Labute approximate surface area is 107 Å². The van der Waals surface area contributed by atoms with Crippen LogP contribution >= 0.6 is 11.6 Å². The molecule has 18 heavy (non-hydrogen) atoms. The molecule has 1 aliphatic heterocycles. The summed E-state index contributed by atoms with van der Waals surface area (Å²) in [5.41, 5.74) is -0.273. The second kappa shape index (κ2) is 4.20. The van der Waals surface area contributed by atoms with Crippen LogP contribution in [0.5, 0.6) is 0 Å². The van der Waals surface area contributed by atoms with Crippen LogP contribution in [0.3, 0.4) is 0 Å². The molecule has 8 heteroatoms. The number of imide groups is 1. The van der Waals surface area contributed by atoms with Gasteiger partial charge in [-0.1, -0.05) is 17.7 Å². The molecule has 0 radical (unpaired) electrons. The fourth-order valence-electron chi connectivity index (χ4n) is 1.57. The van der Waals surface area contributed by atoms with Gasteiger partial charge in [-0.15, -0.1) is 0 Å². The summed E-state index contributed by atoms with van der Waals surface area (Å²) in [6.45, 7) is 0. The summed E-state index contributed by atoms with van der Waals surface area (Å²) in [5.74, 6) is -1.40. The zero-order chi connectivity index (χ0) is 13.5. The van der Waals surface area contributed by atoms with Gasteiger partial charge in [-0.25, -0.2) is 4.90 Å². The molecule has 1 aliphatic rings. The summed E-state index contributed by atoms with van der Waals surface area (Å²) in [4.78, 5) is 22.9. The van der Waals surface area contributed by atoms with Crippen molar-refractivity contribution in [2.45, 2.75) is 4.90 Å². The number of amides is 2. The van der Waals surface area contributed by atoms with Gasteiger partial charge in [-0.3, -0.25) is 14.1 Å². The molecule has 1 N–H and O–H groups in total. The molecule has 0 unspecified atom stereocenters. The number of hydrogen-bond acceptors (Lipinski definition) is 4. The Balaban J connectivity index is 2.70. The van der Waals surface area contributed by atoms with Crippen molar-refractivity contribution in [1.82, 2.24) is 0 Å². The first-order valence-electron chi connectivity index (χ1n) is 4.64. The molecule has 6 nitrogen and oxygen atoms in total. The smallest absolute Gasteiger partial charge is 0.282 e. The molecule has 0 fully saturated rings. The summed E-state index contributed by atoms with van der Waals surface area (Å²) < 4.78 is 31.6. The summed E-state index contributed by atoms with van der Waals surface area (Å²) in [5, 5.41) is -0.275. The number of rotatable bonds is 2. The van der Waals surface area contributed by atoms with E-state index in [1.54, 1.807) is 0 Å². The van der Waals surface area contributed by atoms with Gasteiger partial charge in [0.15, 0.2) is 0 Å². The van der Waals surface area contributed by atoms with E-state index in [0.29, 0.717) is 4.90 Å². The fraction of sp³-hybridized carbons (Fsp3) is 0. The van der Waals surface area contributed by atoms with Gasteiger partial charge in [0, 0.05) is 12.2 Å². The molecule has 0 saturated heterocycles. The largest absolute Gasteiger partial charge is 0.298 e. The van der Waals surface area contributed by atoms with Gasteiger partial charge >= 0.3 is 0 Å². The number of carbonyl (C=O) groups excluding carboxylic acids is 2. The molecule has 0 atom stereocenters. The maximum absolute atomic E-state index is 11.5. The Kier molecular flexibility index (Phi) is 2.97. The lowest BCUT2D eigenvalue weighted by Crippen LogP contribution is -2.31. The van der Waals surface area contributed by atoms with E-state index in [1.807, 2.05) is 0 Å². The lowest BCUT2D eigenvalue weighted by Gasteiger charge is -2.17. The van der Waals surface area contributed by atoms with Gasteiger partial charge in [-0.2, -0.15) is 8.42 Å². The molecule has 2 rings (SSSR count). The molecular formula is C10H6ClNO5S. The molecule has 2 amide bonds. The Morgan fingerprint density at radius 1 is 1.11 bits per heavy atom. The summed E-state index contributed by atoms with van der Waals surface area (Å²) in [6.07, 6.45) is 1.99. The first-order chi connectivity index (χ1) is 8.32. The number of carbonyl (C=O) groups is 2. The van der Waals surface area contributed by atoms with E-state index in [-0.39, 0.29) is 10.7 Å². The van der Waals surface area contributed by atoms with Crippen molar-refractivity contribution in [3.63, 3.8) is 0 Å². The molecule has 1 aromatic carbocycles. The van der Waals surface area contributed by atoms with Crippen LogP contribution < -0.4 is 4.90 Å². The molecule has 0 aliphatic carbocycles. The zero-order valence-electron chi connectivity index (χ0n) is 8.70. The summed E-state index contributed by atoms with van der Waals surface area (Å²) in [7, 11) is -4.65. The Hall–Kier alpha value is -1.70. The number of benzene rings is 1. The highest BCUT2D eigenvalue weighted by molar-refractivity contribution is 7.86. The Morgan fingerprint density at radius 2 is 1.67 bits per heavy atom. The topological polar surface area (TPSA) is 91.8 Å². The maximum Gasteiger partial charge on any atom is 0.298 e. The predicted octanol–water partition coefficient (Wildman–Crippen LogP) is 1.02. The monoisotopic (exact) mass is 287 g/mol. The van der Waals surface area contributed by atoms with Crippen molar-refractivity contribution in [2.75, 3.05) is 4.90 Å². The van der Waals surface area contributed by atoms with Gasteiger partial charge in [0.25, 0.3) is 21.9 Å². The maximum atomic E-state index is 11.5. The lowest BCUT2D eigenvalue weighted by molar-refractivity contribution is -0.120. The quantitative estimate of drug-likeness (QED) is 0.647. The summed E-state index contributed by atoms with van der Waals surface area (Å²) in [6, 6.07) is 3.80. The minimum Gasteiger partial charge on any atom is -0.282 e. The van der Waals surface area contributed by atoms with Crippen LogP contribution in [0.15, 0.2) is 35.2 Å². The third-order valence-electron chi connectivity index (χ3n) is 2.25. The standard InChI is InChI=1S/C10H6ClNO5S/c11-6-2-1-3-7(10(6)18(15,16)17)12-8(13)4-5-9(12)14/h1-5H,(H,15,16,17). The molecule has 1 heterocycles. The van der Waals surface area contributed by atoms with Crippen molar-refractivity contribution in [3.05, 3.63) is 35.4 Å². The molecular weight excluding hydrogens is 282 g/mol. The molecule has 0 bridgehead atoms. The molecule has 0 spiro atoms. The van der Waals surface area contributed by atoms with E-state index < -0.39 is 26.8 Å². The van der Waals surface area contributed by atoms with Crippen molar-refractivity contribution in [3.8, 4) is 0 Å². The highest BCUT2D eigenvalue weighted by Crippen LogP contribution is 2.33. The van der Waals surface area contributed by atoms with E-state index >= 15 is 0 Å². The van der Waals surface area contributed by atoms with Crippen molar-refractivity contribution in [1.29, 1.82) is 0 Å². The van der Waals surface area contributed by atoms with Crippen molar-refractivity contribution < 1.29 is 22.6 Å². The van der Waals surface area contributed by atoms with Crippen molar-refractivity contribution in [2.24, 2.45) is 0 Å². The van der Waals surface area contributed by atoms with Crippen LogP contribution in [0.4, 0.5) is 5.69 Å². The first-order valence-corrected chi connectivity index (χ1v) is 6.46. The average Bonchev–Trinajstić information content (AvgIpc) is 2.56. The van der Waals surface area contributed by atoms with Crippen LogP contribution in [0.25, 0.3) is 0 Å². The van der Waals surface area contributed by atoms with Gasteiger partial charge in [-0.05, 0) is 12.1 Å². The van der Waals surface area contributed by atoms with Crippen LogP contribution in [-0.4, -0.2) is 24.8 Å². The minimum atomic E-state index is -4.65. The normalized spacial score (nSPS) is 15.6. The van der Waals surface area contributed by atoms with Crippen LogP contribution in [0.1, 0.15) is 0 Å². The Bertz CT molecular complexity index is 662. The Morgan fingerprint density at radius 3 is 2.17 bits per heavy atom. The fourth-order valence-corrected chi connectivity index (χ4v) is 2.77. The van der Waals surface area contributed by atoms with Crippen LogP contribution in [0.2, 0.25) is 5.02 Å². The highest BCUT2D eigenvalue weighted by Gasteiger charge is 2.31. The minimum absolute atomic E-state index is 0.273. The van der Waals surface area contributed by atoms with E-state index in [1.165, 1.54) is 18.2 Å². The second-order valence-corrected chi connectivity index (χ2v) is 5.17. The van der Waals surface area contributed by atoms with E-state index in [2.05, 4.69) is 0 Å². The molecule has 1 aromatic rings. The van der Waals surface area contributed by atoms with Gasteiger partial charge in [0.05, 0.1) is 10.7 Å². The SMILES string of the molecule is O=C1C=CC(=O)N1c1cccc(Cl)c1S(=O)(=O)O. The number of anilines is 1. The average molecular weight is 288 g/mol. The lowest BCUT2D eigenvalue weighted by atomic mass is 10.3. The van der Waals surface area contributed by atoms with Gasteiger partial charge in [0.1, 0.15) is 4.90 Å². The van der Waals surface area contributed by atoms with E-state index in [0.717, 1.165) is 12.2 Å². The molecule has 94 valence electrons. The van der Waals surface area contributed by atoms with Gasteiger partial charge in [0.2, 0.25) is 0 Å². The first kappa shape index (κ1) is 12.7. The number of halogens is 1. The van der Waals surface area contributed by atoms with E-state index in [9.17, 15) is 18.0 Å². The highest BCUT2D eigenvalue weighted by atomic mass is 35.5. The van der Waals surface area contributed by atoms with Crippen molar-refractivity contribution >= 4 is 39.2 Å². The van der Waals surface area contributed by atoms with Crippen LogP contribution in [-0.2, 0) is 19.7 Å². The molecule has 0 saturated carbocycles. The predicted molar refractivity (Wildman–Crippen MR) is 62.9 cm³/mol. The zero-order valence-corrected chi connectivity index (χ0v) is 10.3. The summed E-state index contributed by atoms with van der Waals surface area (Å²) >= 11 is 5.68. The van der Waals surface area contributed by atoms with Crippen LogP contribution in [0, 0.1) is 0 Å². The number of hydrogen-bond donors (Lipinski definition) is 1. The number of nitrogens with zero attached hydrogens (tertiary/aromatic N) is 1. The second-order valence-electron chi connectivity index (χ2n) is 3.41. The third-order valence-corrected chi connectivity index (χ3v) is 3.63. The third kappa shape index (κ3) is 2.03. The van der Waals surface area contributed by atoms with Gasteiger partial charge < -0.3 is 0 Å².